The lowest BCUT2D eigenvalue weighted by Crippen LogP contribution is -2.22. The Kier molecular flexibility index (Phi) is 4.20. The van der Waals surface area contributed by atoms with Crippen molar-refractivity contribution in [3.63, 3.8) is 0 Å². The molecule has 3 N–H and O–H groups in total. The van der Waals surface area contributed by atoms with Gasteiger partial charge in [-0.05, 0) is 57.5 Å². The Bertz CT molecular complexity index is 358. The standard InChI is InChI=1S/C13H22N4/c1-11-9-12(14)10-16-13(11)15-5-4-8-17-6-2-3-7-17/h9-10H,2-8,14H2,1H3,(H,15,16). The van der Waals surface area contributed by atoms with Crippen LogP contribution in [0.1, 0.15) is 24.8 Å². The summed E-state index contributed by atoms with van der Waals surface area (Å²) in [7, 11) is 0. The number of nitrogens with two attached hydrogens (primary N) is 1. The van der Waals surface area contributed by atoms with E-state index in [1.165, 1.54) is 38.9 Å². The minimum Gasteiger partial charge on any atom is -0.397 e. The highest BCUT2D eigenvalue weighted by Crippen LogP contribution is 2.14. The fraction of sp³-hybridized carbons (Fsp3) is 0.615. The van der Waals surface area contributed by atoms with Crippen LogP contribution in [0.2, 0.25) is 0 Å². The van der Waals surface area contributed by atoms with Crippen molar-refractivity contribution < 1.29 is 0 Å². The van der Waals surface area contributed by atoms with Crippen LogP contribution in [0.15, 0.2) is 12.3 Å². The van der Waals surface area contributed by atoms with Crippen molar-refractivity contribution in [1.29, 1.82) is 0 Å². The molecule has 0 unspecified atom stereocenters. The van der Waals surface area contributed by atoms with Gasteiger partial charge in [-0.25, -0.2) is 4.98 Å². The second kappa shape index (κ2) is 5.87. The highest BCUT2D eigenvalue weighted by Gasteiger charge is 2.10. The minimum absolute atomic E-state index is 0.727. The molecule has 1 saturated heterocycles. The molecule has 1 aromatic heterocycles. The Labute approximate surface area is 103 Å². The Hall–Kier alpha value is -1.29. The summed E-state index contributed by atoms with van der Waals surface area (Å²) in [6, 6.07) is 1.95. The zero-order valence-corrected chi connectivity index (χ0v) is 10.6. The molecule has 94 valence electrons. The molecular formula is C13H22N4. The summed E-state index contributed by atoms with van der Waals surface area (Å²) in [6.07, 6.45) is 5.61. The molecule has 1 aliphatic rings. The fourth-order valence-corrected chi connectivity index (χ4v) is 2.30. The van der Waals surface area contributed by atoms with E-state index in [1.54, 1.807) is 6.20 Å². The third-order valence-electron chi connectivity index (χ3n) is 3.24. The van der Waals surface area contributed by atoms with Gasteiger partial charge in [0.1, 0.15) is 5.82 Å². The van der Waals surface area contributed by atoms with Gasteiger partial charge < -0.3 is 16.0 Å². The molecule has 0 amide bonds. The van der Waals surface area contributed by atoms with Gasteiger partial charge in [-0.3, -0.25) is 0 Å². The van der Waals surface area contributed by atoms with E-state index in [0.29, 0.717) is 0 Å². The van der Waals surface area contributed by atoms with Gasteiger partial charge in [0.2, 0.25) is 0 Å². The number of aromatic nitrogens is 1. The number of nitrogens with zero attached hydrogens (tertiary/aromatic N) is 2. The molecule has 0 spiro atoms. The topological polar surface area (TPSA) is 54.2 Å². The van der Waals surface area contributed by atoms with E-state index < -0.39 is 0 Å². The largest absolute Gasteiger partial charge is 0.397 e. The maximum Gasteiger partial charge on any atom is 0.128 e. The minimum atomic E-state index is 0.727. The summed E-state index contributed by atoms with van der Waals surface area (Å²) >= 11 is 0. The molecule has 0 atom stereocenters. The third kappa shape index (κ3) is 3.60. The highest BCUT2D eigenvalue weighted by atomic mass is 15.1. The van der Waals surface area contributed by atoms with Crippen LogP contribution >= 0.6 is 0 Å². The van der Waals surface area contributed by atoms with Crippen LogP contribution in [-0.4, -0.2) is 36.1 Å². The van der Waals surface area contributed by atoms with Gasteiger partial charge in [0, 0.05) is 6.54 Å². The van der Waals surface area contributed by atoms with E-state index in [4.69, 9.17) is 5.73 Å². The maximum atomic E-state index is 5.67. The molecule has 0 bridgehead atoms. The van der Waals surface area contributed by atoms with Gasteiger partial charge in [0.15, 0.2) is 0 Å². The summed E-state index contributed by atoms with van der Waals surface area (Å²) in [5, 5.41) is 3.37. The third-order valence-corrected chi connectivity index (χ3v) is 3.24. The number of nitrogens with one attached hydrogen (secondary N) is 1. The monoisotopic (exact) mass is 234 g/mol. The molecule has 0 saturated carbocycles. The average Bonchev–Trinajstić information content (AvgIpc) is 2.79. The van der Waals surface area contributed by atoms with Crippen molar-refractivity contribution in [3.05, 3.63) is 17.8 Å². The van der Waals surface area contributed by atoms with E-state index in [2.05, 4.69) is 15.2 Å². The number of pyridine rings is 1. The number of likely N-dealkylation sites (tertiary alicyclic amines) is 1. The number of hydrogen-bond acceptors (Lipinski definition) is 4. The van der Waals surface area contributed by atoms with Crippen LogP contribution in [0.5, 0.6) is 0 Å². The molecule has 1 fully saturated rings. The molecule has 0 aromatic carbocycles. The molecule has 1 aromatic rings. The normalized spacial score (nSPS) is 16.3. The highest BCUT2D eigenvalue weighted by molar-refractivity contribution is 5.50. The first-order valence-electron chi connectivity index (χ1n) is 6.44. The van der Waals surface area contributed by atoms with Crippen molar-refractivity contribution in [1.82, 2.24) is 9.88 Å². The summed E-state index contributed by atoms with van der Waals surface area (Å²) in [5.74, 6) is 0.959. The van der Waals surface area contributed by atoms with Crippen LogP contribution in [-0.2, 0) is 0 Å². The lowest BCUT2D eigenvalue weighted by molar-refractivity contribution is 0.337. The lowest BCUT2D eigenvalue weighted by atomic mass is 10.2. The molecule has 0 radical (unpaired) electrons. The second-order valence-electron chi connectivity index (χ2n) is 4.76. The van der Waals surface area contributed by atoms with Crippen LogP contribution in [0.3, 0.4) is 0 Å². The van der Waals surface area contributed by atoms with Crippen molar-refractivity contribution in [2.45, 2.75) is 26.2 Å². The maximum absolute atomic E-state index is 5.67. The zero-order valence-electron chi connectivity index (χ0n) is 10.6. The quantitative estimate of drug-likeness (QED) is 0.764. The van der Waals surface area contributed by atoms with E-state index in [-0.39, 0.29) is 0 Å². The molecule has 2 heterocycles. The average molecular weight is 234 g/mol. The predicted molar refractivity (Wildman–Crippen MR) is 72.2 cm³/mol. The van der Waals surface area contributed by atoms with Crippen LogP contribution in [0.25, 0.3) is 0 Å². The van der Waals surface area contributed by atoms with Crippen LogP contribution in [0, 0.1) is 6.92 Å². The van der Waals surface area contributed by atoms with E-state index in [9.17, 15) is 0 Å². The Balaban J connectivity index is 1.70. The molecule has 4 heteroatoms. The summed E-state index contributed by atoms with van der Waals surface area (Å²) in [4.78, 5) is 6.83. The first-order chi connectivity index (χ1) is 8.25. The molecule has 4 nitrogen and oxygen atoms in total. The molecule has 0 aliphatic carbocycles. The number of nitrogen functional groups attached to an aromatic ring is 1. The van der Waals surface area contributed by atoms with Crippen LogP contribution in [0.4, 0.5) is 11.5 Å². The van der Waals surface area contributed by atoms with Gasteiger partial charge in [0.25, 0.3) is 0 Å². The summed E-state index contributed by atoms with van der Waals surface area (Å²) in [6.45, 7) is 6.76. The molecule has 1 aliphatic heterocycles. The Morgan fingerprint density at radius 2 is 2.18 bits per heavy atom. The second-order valence-corrected chi connectivity index (χ2v) is 4.76. The first kappa shape index (κ1) is 12.2. The molecule has 17 heavy (non-hydrogen) atoms. The summed E-state index contributed by atoms with van der Waals surface area (Å²) in [5.41, 5.74) is 7.51. The number of anilines is 2. The summed E-state index contributed by atoms with van der Waals surface area (Å²) < 4.78 is 0. The van der Waals surface area contributed by atoms with Crippen molar-refractivity contribution >= 4 is 11.5 Å². The van der Waals surface area contributed by atoms with E-state index in [0.717, 1.165) is 23.6 Å². The number of aryl methyl sites for hydroxylation is 1. The van der Waals surface area contributed by atoms with Gasteiger partial charge in [-0.15, -0.1) is 0 Å². The smallest absolute Gasteiger partial charge is 0.128 e. The van der Waals surface area contributed by atoms with E-state index in [1.807, 2.05) is 13.0 Å². The number of hydrogen-bond donors (Lipinski definition) is 2. The lowest BCUT2D eigenvalue weighted by Gasteiger charge is -2.15. The van der Waals surface area contributed by atoms with E-state index >= 15 is 0 Å². The van der Waals surface area contributed by atoms with Crippen molar-refractivity contribution in [3.8, 4) is 0 Å². The fourth-order valence-electron chi connectivity index (χ4n) is 2.30. The first-order valence-corrected chi connectivity index (χ1v) is 6.44. The number of rotatable bonds is 5. The molecular weight excluding hydrogens is 212 g/mol. The Morgan fingerprint density at radius 3 is 2.88 bits per heavy atom. The van der Waals surface area contributed by atoms with Crippen molar-refractivity contribution in [2.24, 2.45) is 0 Å². The van der Waals surface area contributed by atoms with Crippen LogP contribution < -0.4 is 11.1 Å². The Morgan fingerprint density at radius 1 is 1.41 bits per heavy atom. The SMILES string of the molecule is Cc1cc(N)cnc1NCCCN1CCCC1. The van der Waals surface area contributed by atoms with Gasteiger partial charge >= 0.3 is 0 Å². The van der Waals surface area contributed by atoms with Gasteiger partial charge in [0.05, 0.1) is 11.9 Å². The molecule has 2 rings (SSSR count). The zero-order chi connectivity index (χ0) is 12.1. The van der Waals surface area contributed by atoms with Gasteiger partial charge in [-0.1, -0.05) is 0 Å². The predicted octanol–water partition coefficient (Wildman–Crippen LogP) is 1.87. The van der Waals surface area contributed by atoms with Gasteiger partial charge in [-0.2, -0.15) is 0 Å². The van der Waals surface area contributed by atoms with Crippen molar-refractivity contribution in [2.75, 3.05) is 37.2 Å².